The van der Waals surface area contributed by atoms with Crippen molar-refractivity contribution in [1.82, 2.24) is 0 Å². The van der Waals surface area contributed by atoms with Gasteiger partial charge < -0.3 is 9.80 Å². The standard InChI is InChI=1S/C18H20N2O/c1-19-13-7-8-14-20(17-12-6-5-11-16(17)19)18(21)15-9-3-2-4-10-15/h2-6,9-12H,7-8,13-14H2,1H3. The van der Waals surface area contributed by atoms with Gasteiger partial charge in [0, 0.05) is 25.7 Å². The number of rotatable bonds is 1. The number of carbonyl (C=O) groups excluding carboxylic acids is 1. The molecule has 3 nitrogen and oxygen atoms in total. The van der Waals surface area contributed by atoms with Crippen molar-refractivity contribution >= 4 is 17.3 Å². The lowest BCUT2D eigenvalue weighted by molar-refractivity contribution is 0.0986. The second kappa shape index (κ2) is 6.00. The molecular formula is C18H20N2O. The van der Waals surface area contributed by atoms with Crippen molar-refractivity contribution in [3.63, 3.8) is 0 Å². The third kappa shape index (κ3) is 2.77. The molecule has 108 valence electrons. The van der Waals surface area contributed by atoms with Crippen molar-refractivity contribution in [3.05, 3.63) is 60.2 Å². The topological polar surface area (TPSA) is 23.6 Å². The van der Waals surface area contributed by atoms with E-state index in [2.05, 4.69) is 18.0 Å². The van der Waals surface area contributed by atoms with Crippen molar-refractivity contribution in [1.29, 1.82) is 0 Å². The highest BCUT2D eigenvalue weighted by molar-refractivity contribution is 6.07. The van der Waals surface area contributed by atoms with Gasteiger partial charge in [-0.15, -0.1) is 0 Å². The fourth-order valence-electron chi connectivity index (χ4n) is 2.82. The fraction of sp³-hybridized carbons (Fsp3) is 0.278. The molecule has 3 rings (SSSR count). The third-order valence-corrected chi connectivity index (χ3v) is 3.97. The van der Waals surface area contributed by atoms with Gasteiger partial charge in [0.2, 0.25) is 0 Å². The van der Waals surface area contributed by atoms with Crippen LogP contribution in [0.3, 0.4) is 0 Å². The van der Waals surface area contributed by atoms with E-state index < -0.39 is 0 Å². The van der Waals surface area contributed by atoms with E-state index in [4.69, 9.17) is 0 Å². The van der Waals surface area contributed by atoms with Crippen LogP contribution in [-0.2, 0) is 0 Å². The molecule has 0 aromatic heterocycles. The van der Waals surface area contributed by atoms with E-state index in [9.17, 15) is 4.79 Å². The summed E-state index contributed by atoms with van der Waals surface area (Å²) in [5.74, 6) is 0.0818. The molecule has 0 bridgehead atoms. The van der Waals surface area contributed by atoms with E-state index >= 15 is 0 Å². The molecule has 21 heavy (non-hydrogen) atoms. The number of benzene rings is 2. The minimum atomic E-state index is 0.0818. The van der Waals surface area contributed by atoms with Crippen molar-refractivity contribution in [2.75, 3.05) is 29.9 Å². The van der Waals surface area contributed by atoms with Crippen LogP contribution in [0.1, 0.15) is 23.2 Å². The molecule has 1 aliphatic rings. The quantitative estimate of drug-likeness (QED) is 0.797. The number of fused-ring (bicyclic) bond motifs is 1. The second-order valence-corrected chi connectivity index (χ2v) is 5.44. The van der Waals surface area contributed by atoms with E-state index in [0.717, 1.165) is 42.9 Å². The van der Waals surface area contributed by atoms with Crippen LogP contribution < -0.4 is 9.80 Å². The summed E-state index contributed by atoms with van der Waals surface area (Å²) in [6, 6.07) is 17.7. The predicted molar refractivity (Wildman–Crippen MR) is 87.1 cm³/mol. The van der Waals surface area contributed by atoms with Gasteiger partial charge in [0.1, 0.15) is 0 Å². The Bertz CT molecular complexity index is 624. The van der Waals surface area contributed by atoms with Crippen molar-refractivity contribution in [2.45, 2.75) is 12.8 Å². The maximum absolute atomic E-state index is 12.8. The zero-order chi connectivity index (χ0) is 14.7. The van der Waals surface area contributed by atoms with E-state index in [1.165, 1.54) is 0 Å². The van der Waals surface area contributed by atoms with Crippen LogP contribution in [0.4, 0.5) is 11.4 Å². The molecule has 0 saturated heterocycles. The van der Waals surface area contributed by atoms with Crippen LogP contribution in [0.5, 0.6) is 0 Å². The Morgan fingerprint density at radius 1 is 0.857 bits per heavy atom. The summed E-state index contributed by atoms with van der Waals surface area (Å²) < 4.78 is 0. The Morgan fingerprint density at radius 3 is 2.24 bits per heavy atom. The number of hydrogen-bond acceptors (Lipinski definition) is 2. The Hall–Kier alpha value is -2.29. The Morgan fingerprint density at radius 2 is 1.48 bits per heavy atom. The summed E-state index contributed by atoms with van der Waals surface area (Å²) in [6.45, 7) is 1.81. The van der Waals surface area contributed by atoms with Gasteiger partial charge in [-0.2, -0.15) is 0 Å². The number of anilines is 2. The molecule has 0 radical (unpaired) electrons. The molecule has 1 aliphatic heterocycles. The monoisotopic (exact) mass is 280 g/mol. The first-order valence-corrected chi connectivity index (χ1v) is 7.44. The first-order chi connectivity index (χ1) is 10.3. The van der Waals surface area contributed by atoms with Crippen molar-refractivity contribution in [3.8, 4) is 0 Å². The molecule has 0 fully saturated rings. The lowest BCUT2D eigenvalue weighted by Gasteiger charge is -2.32. The van der Waals surface area contributed by atoms with Crippen molar-refractivity contribution in [2.24, 2.45) is 0 Å². The van der Waals surface area contributed by atoms with E-state index in [1.807, 2.05) is 53.4 Å². The summed E-state index contributed by atoms with van der Waals surface area (Å²) >= 11 is 0. The van der Waals surface area contributed by atoms with E-state index in [1.54, 1.807) is 0 Å². The number of amides is 1. The Labute approximate surface area is 125 Å². The summed E-state index contributed by atoms with van der Waals surface area (Å²) in [5.41, 5.74) is 2.88. The average molecular weight is 280 g/mol. The van der Waals surface area contributed by atoms with E-state index in [-0.39, 0.29) is 5.91 Å². The largest absolute Gasteiger partial charge is 0.373 e. The fourth-order valence-corrected chi connectivity index (χ4v) is 2.82. The first-order valence-electron chi connectivity index (χ1n) is 7.44. The average Bonchev–Trinajstić information content (AvgIpc) is 2.53. The SMILES string of the molecule is CN1CCCCN(C(=O)c2ccccc2)c2ccccc21. The molecule has 1 heterocycles. The summed E-state index contributed by atoms with van der Waals surface area (Å²) in [7, 11) is 2.09. The van der Waals surface area contributed by atoms with Gasteiger partial charge in [-0.05, 0) is 37.1 Å². The highest BCUT2D eigenvalue weighted by Gasteiger charge is 2.22. The molecule has 0 spiro atoms. The lowest BCUT2D eigenvalue weighted by atomic mass is 10.1. The molecule has 0 aliphatic carbocycles. The molecule has 3 heteroatoms. The molecule has 2 aromatic carbocycles. The van der Waals surface area contributed by atoms with Gasteiger partial charge in [0.15, 0.2) is 0 Å². The van der Waals surface area contributed by atoms with E-state index in [0.29, 0.717) is 0 Å². The number of para-hydroxylation sites is 2. The molecule has 0 saturated carbocycles. The smallest absolute Gasteiger partial charge is 0.258 e. The number of carbonyl (C=O) groups is 1. The van der Waals surface area contributed by atoms with Crippen molar-refractivity contribution < 1.29 is 4.79 Å². The van der Waals surface area contributed by atoms with Crippen LogP contribution in [0, 0.1) is 0 Å². The van der Waals surface area contributed by atoms with Gasteiger partial charge in [-0.1, -0.05) is 30.3 Å². The van der Waals surface area contributed by atoms with Crippen LogP contribution >= 0.6 is 0 Å². The highest BCUT2D eigenvalue weighted by atomic mass is 16.2. The second-order valence-electron chi connectivity index (χ2n) is 5.44. The maximum atomic E-state index is 12.8. The number of nitrogens with zero attached hydrogens (tertiary/aromatic N) is 2. The van der Waals surface area contributed by atoms with Crippen LogP contribution in [0.2, 0.25) is 0 Å². The molecular weight excluding hydrogens is 260 g/mol. The molecule has 1 amide bonds. The van der Waals surface area contributed by atoms with Gasteiger partial charge in [0.05, 0.1) is 11.4 Å². The van der Waals surface area contributed by atoms with Gasteiger partial charge >= 0.3 is 0 Å². The summed E-state index contributed by atoms with van der Waals surface area (Å²) in [5, 5.41) is 0. The normalized spacial score (nSPS) is 15.1. The number of hydrogen-bond donors (Lipinski definition) is 0. The Kier molecular flexibility index (Phi) is 3.91. The van der Waals surface area contributed by atoms with Crippen LogP contribution in [0.15, 0.2) is 54.6 Å². The third-order valence-electron chi connectivity index (χ3n) is 3.97. The van der Waals surface area contributed by atoms with Gasteiger partial charge in [-0.3, -0.25) is 4.79 Å². The summed E-state index contributed by atoms with van der Waals surface area (Å²) in [4.78, 5) is 17.0. The zero-order valence-electron chi connectivity index (χ0n) is 12.3. The predicted octanol–water partition coefficient (Wildman–Crippen LogP) is 3.56. The first kappa shape index (κ1) is 13.7. The maximum Gasteiger partial charge on any atom is 0.258 e. The molecule has 0 N–H and O–H groups in total. The van der Waals surface area contributed by atoms with Crippen LogP contribution in [0.25, 0.3) is 0 Å². The van der Waals surface area contributed by atoms with Gasteiger partial charge in [0.25, 0.3) is 5.91 Å². The van der Waals surface area contributed by atoms with Crippen LogP contribution in [-0.4, -0.2) is 26.0 Å². The minimum Gasteiger partial charge on any atom is -0.373 e. The molecule has 2 aromatic rings. The minimum absolute atomic E-state index is 0.0818. The molecule has 0 unspecified atom stereocenters. The summed E-state index contributed by atoms with van der Waals surface area (Å²) in [6.07, 6.45) is 2.13. The highest BCUT2D eigenvalue weighted by Crippen LogP contribution is 2.31. The molecule has 0 atom stereocenters. The zero-order valence-corrected chi connectivity index (χ0v) is 12.3. The Balaban J connectivity index is 2.01. The van der Waals surface area contributed by atoms with Gasteiger partial charge in [-0.25, -0.2) is 0 Å². The lowest BCUT2D eigenvalue weighted by Crippen LogP contribution is -2.36.